The second-order valence-electron chi connectivity index (χ2n) is 4.54. The molecule has 3 rings (SSSR count). The number of phenolic OH excluding ortho intramolecular Hbond substituents is 1. The molecule has 1 aromatic carbocycles. The standard InChI is InChI=1S/C14H15N5OS/c15-13-12-14(17-8-16-13)19(9-18-12)6-3-7-21-11-5-2-1-4-10(11)20/h1-2,4-5,8-9,20H,3,6-7H2,(H2,15,16,17). The van der Waals surface area contributed by atoms with Crippen LogP contribution in [-0.2, 0) is 6.54 Å². The molecule has 0 bridgehead atoms. The van der Waals surface area contributed by atoms with Gasteiger partial charge in [0, 0.05) is 11.4 Å². The number of hydrogen-bond donors (Lipinski definition) is 2. The van der Waals surface area contributed by atoms with Crippen LogP contribution in [0.1, 0.15) is 6.42 Å². The highest BCUT2D eigenvalue weighted by molar-refractivity contribution is 7.99. The molecule has 108 valence electrons. The van der Waals surface area contributed by atoms with Crippen molar-refractivity contribution < 1.29 is 5.11 Å². The van der Waals surface area contributed by atoms with E-state index in [2.05, 4.69) is 15.0 Å². The van der Waals surface area contributed by atoms with Crippen molar-refractivity contribution in [2.45, 2.75) is 17.9 Å². The van der Waals surface area contributed by atoms with E-state index in [4.69, 9.17) is 5.73 Å². The van der Waals surface area contributed by atoms with E-state index in [1.807, 2.05) is 22.8 Å². The Morgan fingerprint density at radius 1 is 1.19 bits per heavy atom. The lowest BCUT2D eigenvalue weighted by Gasteiger charge is -2.05. The zero-order chi connectivity index (χ0) is 14.7. The molecule has 0 saturated carbocycles. The van der Waals surface area contributed by atoms with Crippen molar-refractivity contribution in [1.82, 2.24) is 19.5 Å². The molecular formula is C14H15N5OS. The quantitative estimate of drug-likeness (QED) is 0.555. The van der Waals surface area contributed by atoms with Crippen LogP contribution < -0.4 is 5.73 Å². The summed E-state index contributed by atoms with van der Waals surface area (Å²) in [5.41, 5.74) is 7.16. The van der Waals surface area contributed by atoms with Crippen molar-refractivity contribution in [1.29, 1.82) is 0 Å². The van der Waals surface area contributed by atoms with Crippen LogP contribution in [-0.4, -0.2) is 30.4 Å². The summed E-state index contributed by atoms with van der Waals surface area (Å²) in [6.45, 7) is 0.799. The first-order valence-corrected chi connectivity index (χ1v) is 7.56. The van der Waals surface area contributed by atoms with E-state index in [0.717, 1.165) is 29.3 Å². The van der Waals surface area contributed by atoms with Gasteiger partial charge in [0.2, 0.25) is 0 Å². The molecule has 0 aliphatic carbocycles. The second-order valence-corrected chi connectivity index (χ2v) is 5.68. The molecular weight excluding hydrogens is 286 g/mol. The Morgan fingerprint density at radius 3 is 2.90 bits per heavy atom. The van der Waals surface area contributed by atoms with Crippen LogP contribution in [0.2, 0.25) is 0 Å². The Bertz CT molecular complexity index is 758. The minimum absolute atomic E-state index is 0.330. The number of aromatic nitrogens is 4. The van der Waals surface area contributed by atoms with Gasteiger partial charge in [-0.3, -0.25) is 0 Å². The lowest BCUT2D eigenvalue weighted by molar-refractivity contribution is 0.462. The number of phenols is 1. The number of nitrogens with two attached hydrogens (primary N) is 1. The van der Waals surface area contributed by atoms with Gasteiger partial charge in [0.05, 0.1) is 6.33 Å². The van der Waals surface area contributed by atoms with Crippen LogP contribution in [0.4, 0.5) is 5.82 Å². The van der Waals surface area contributed by atoms with E-state index >= 15 is 0 Å². The molecule has 0 fully saturated rings. The van der Waals surface area contributed by atoms with Crippen molar-refractivity contribution in [2.24, 2.45) is 0 Å². The van der Waals surface area contributed by atoms with Gasteiger partial charge in [-0.15, -0.1) is 11.8 Å². The summed E-state index contributed by atoms with van der Waals surface area (Å²) in [4.78, 5) is 13.3. The van der Waals surface area contributed by atoms with E-state index in [0.29, 0.717) is 17.1 Å². The lowest BCUT2D eigenvalue weighted by atomic mass is 10.3. The Morgan fingerprint density at radius 2 is 2.05 bits per heavy atom. The number of benzene rings is 1. The molecule has 3 aromatic rings. The van der Waals surface area contributed by atoms with Crippen molar-refractivity contribution >= 4 is 28.7 Å². The van der Waals surface area contributed by atoms with Crippen LogP contribution in [0.25, 0.3) is 11.2 Å². The van der Waals surface area contributed by atoms with Gasteiger partial charge in [0.1, 0.15) is 17.6 Å². The molecule has 0 radical (unpaired) electrons. The number of nitrogens with zero attached hydrogens (tertiary/aromatic N) is 4. The molecule has 0 atom stereocenters. The van der Waals surface area contributed by atoms with Crippen LogP contribution in [0.15, 0.2) is 41.8 Å². The fourth-order valence-corrected chi connectivity index (χ4v) is 2.94. The average molecular weight is 301 g/mol. The Labute approximate surface area is 126 Å². The molecule has 0 saturated heterocycles. The largest absolute Gasteiger partial charge is 0.507 e. The molecule has 2 aromatic heterocycles. The van der Waals surface area contributed by atoms with Gasteiger partial charge in [-0.25, -0.2) is 15.0 Å². The summed E-state index contributed by atoms with van der Waals surface area (Å²) >= 11 is 1.64. The van der Waals surface area contributed by atoms with E-state index in [1.165, 1.54) is 6.33 Å². The Balaban J connectivity index is 1.60. The first-order valence-electron chi connectivity index (χ1n) is 6.58. The molecule has 0 spiro atoms. The third-order valence-corrected chi connectivity index (χ3v) is 4.24. The zero-order valence-electron chi connectivity index (χ0n) is 11.3. The van der Waals surface area contributed by atoms with Crippen LogP contribution in [0.3, 0.4) is 0 Å². The maximum Gasteiger partial charge on any atom is 0.165 e. The van der Waals surface area contributed by atoms with E-state index in [9.17, 15) is 5.11 Å². The maximum absolute atomic E-state index is 9.70. The van der Waals surface area contributed by atoms with Crippen LogP contribution in [0, 0.1) is 0 Å². The topological polar surface area (TPSA) is 89.9 Å². The molecule has 3 N–H and O–H groups in total. The minimum Gasteiger partial charge on any atom is -0.507 e. The molecule has 0 unspecified atom stereocenters. The molecule has 6 nitrogen and oxygen atoms in total. The first kappa shape index (κ1) is 13.7. The summed E-state index contributed by atoms with van der Waals surface area (Å²) in [6.07, 6.45) is 4.13. The Kier molecular flexibility index (Phi) is 3.92. The highest BCUT2D eigenvalue weighted by Crippen LogP contribution is 2.28. The molecule has 0 aliphatic rings. The monoisotopic (exact) mass is 301 g/mol. The molecule has 21 heavy (non-hydrogen) atoms. The number of thioether (sulfide) groups is 1. The fourth-order valence-electron chi connectivity index (χ4n) is 2.06. The van der Waals surface area contributed by atoms with Crippen molar-refractivity contribution in [3.8, 4) is 5.75 Å². The van der Waals surface area contributed by atoms with Gasteiger partial charge in [-0.1, -0.05) is 12.1 Å². The maximum atomic E-state index is 9.70. The number of imidazole rings is 1. The number of fused-ring (bicyclic) bond motifs is 1. The highest BCUT2D eigenvalue weighted by Gasteiger charge is 2.07. The van der Waals surface area contributed by atoms with Crippen molar-refractivity contribution in [3.05, 3.63) is 36.9 Å². The predicted molar refractivity (Wildman–Crippen MR) is 83.2 cm³/mol. The number of nitrogen functional groups attached to an aromatic ring is 1. The summed E-state index contributed by atoms with van der Waals surface area (Å²) in [5.74, 6) is 1.64. The number of para-hydroxylation sites is 1. The van der Waals surface area contributed by atoms with Gasteiger partial charge >= 0.3 is 0 Å². The van der Waals surface area contributed by atoms with Gasteiger partial charge < -0.3 is 15.4 Å². The van der Waals surface area contributed by atoms with Gasteiger partial charge in [0.25, 0.3) is 0 Å². The molecule has 0 amide bonds. The number of anilines is 1. The van der Waals surface area contributed by atoms with Crippen LogP contribution >= 0.6 is 11.8 Å². The molecule has 0 aliphatic heterocycles. The van der Waals surface area contributed by atoms with Gasteiger partial charge in [0.15, 0.2) is 11.5 Å². The smallest absolute Gasteiger partial charge is 0.165 e. The van der Waals surface area contributed by atoms with Crippen molar-refractivity contribution in [3.63, 3.8) is 0 Å². The van der Waals surface area contributed by atoms with Crippen molar-refractivity contribution in [2.75, 3.05) is 11.5 Å². The summed E-state index contributed by atoms with van der Waals surface area (Å²) in [6, 6.07) is 7.36. The van der Waals surface area contributed by atoms with Gasteiger partial charge in [-0.2, -0.15) is 0 Å². The van der Waals surface area contributed by atoms with E-state index in [-0.39, 0.29) is 0 Å². The van der Waals surface area contributed by atoms with Crippen LogP contribution in [0.5, 0.6) is 5.75 Å². The molecule has 7 heteroatoms. The SMILES string of the molecule is Nc1ncnc2c1ncn2CCCSc1ccccc1O. The normalized spacial score (nSPS) is 11.0. The number of rotatable bonds is 5. The first-order chi connectivity index (χ1) is 10.3. The summed E-state index contributed by atoms with van der Waals surface area (Å²) < 4.78 is 1.97. The number of hydrogen-bond acceptors (Lipinski definition) is 6. The number of aryl methyl sites for hydroxylation is 1. The number of aromatic hydroxyl groups is 1. The van der Waals surface area contributed by atoms with E-state index < -0.39 is 0 Å². The summed E-state index contributed by atoms with van der Waals surface area (Å²) in [7, 11) is 0. The lowest BCUT2D eigenvalue weighted by Crippen LogP contribution is -2.00. The fraction of sp³-hybridized carbons (Fsp3) is 0.214. The average Bonchev–Trinajstić information content (AvgIpc) is 2.90. The zero-order valence-corrected chi connectivity index (χ0v) is 12.1. The van der Waals surface area contributed by atoms with E-state index in [1.54, 1.807) is 24.2 Å². The third kappa shape index (κ3) is 2.92. The molecule has 2 heterocycles. The summed E-state index contributed by atoms with van der Waals surface area (Å²) in [5, 5.41) is 9.70. The van der Waals surface area contributed by atoms with Gasteiger partial charge in [-0.05, 0) is 24.3 Å². The minimum atomic E-state index is 0.330. The highest BCUT2D eigenvalue weighted by atomic mass is 32.2. The second kappa shape index (κ2) is 6.01. The third-order valence-electron chi connectivity index (χ3n) is 3.10. The Hall–Kier alpha value is -2.28. The predicted octanol–water partition coefficient (Wildman–Crippen LogP) is 2.30.